The predicted octanol–water partition coefficient (Wildman–Crippen LogP) is -1.46. The maximum atomic E-state index is 9.05. The normalized spacial score (nSPS) is 44.8. The molecule has 2 unspecified atom stereocenters. The second kappa shape index (κ2) is 2.66. The number of aliphatic hydroxyl groups excluding tert-OH is 1. The minimum absolute atomic E-state index is 0.323. The van der Waals surface area contributed by atoms with Crippen molar-refractivity contribution in [2.75, 3.05) is 13.2 Å². The van der Waals surface area contributed by atoms with E-state index in [1.807, 2.05) is 0 Å². The monoisotopic (exact) mass is 167 g/mol. The van der Waals surface area contributed by atoms with Gasteiger partial charge in [-0.05, 0) is 0 Å². The van der Waals surface area contributed by atoms with Crippen LogP contribution in [0.5, 0.6) is 0 Å². The SMILES string of the molecule is OC1OCCO[C]1(O)[Ti]. The van der Waals surface area contributed by atoms with Crippen LogP contribution in [0.1, 0.15) is 0 Å². The van der Waals surface area contributed by atoms with E-state index in [0.717, 1.165) is 0 Å². The van der Waals surface area contributed by atoms with Crippen molar-refractivity contribution < 1.29 is 40.1 Å². The molecule has 2 N–H and O–H groups in total. The summed E-state index contributed by atoms with van der Waals surface area (Å²) in [6, 6.07) is 0. The van der Waals surface area contributed by atoms with E-state index in [2.05, 4.69) is 4.74 Å². The van der Waals surface area contributed by atoms with Crippen LogP contribution in [0.3, 0.4) is 0 Å². The van der Waals surface area contributed by atoms with Crippen molar-refractivity contribution in [3.63, 3.8) is 0 Å². The second-order valence-electron chi connectivity index (χ2n) is 1.77. The molecule has 0 spiro atoms. The summed E-state index contributed by atoms with van der Waals surface area (Å²) in [6.45, 7) is 0.654. The van der Waals surface area contributed by atoms with Crippen LogP contribution in [0.25, 0.3) is 0 Å². The van der Waals surface area contributed by atoms with E-state index in [0.29, 0.717) is 13.2 Å². The number of ether oxygens (including phenoxy) is 2. The van der Waals surface area contributed by atoms with Crippen LogP contribution in [-0.2, 0) is 29.9 Å². The average molecular weight is 167 g/mol. The standard InChI is InChI=1S/C4H7O4.Ti/c5-3-4(6)8-2-1-7-3;/h3,5-6H,1-2H2;. The molecule has 2 atom stereocenters. The van der Waals surface area contributed by atoms with Crippen molar-refractivity contribution in [3.8, 4) is 0 Å². The molecular formula is C4H7O4Ti. The Labute approximate surface area is 64.2 Å². The zero-order valence-corrected chi connectivity index (χ0v) is 6.26. The van der Waals surface area contributed by atoms with Gasteiger partial charge in [0, 0.05) is 0 Å². The van der Waals surface area contributed by atoms with Crippen molar-refractivity contribution in [1.82, 2.24) is 0 Å². The first-order chi connectivity index (χ1) is 4.13. The summed E-state index contributed by atoms with van der Waals surface area (Å²) in [5.74, 6) is 0. The summed E-state index contributed by atoms with van der Waals surface area (Å²) in [5.41, 5.74) is 0. The van der Waals surface area contributed by atoms with E-state index in [1.165, 1.54) is 20.4 Å². The Bertz CT molecular complexity index is 105. The van der Waals surface area contributed by atoms with E-state index < -0.39 is 10.4 Å². The molecule has 0 aromatic rings. The predicted molar refractivity (Wildman–Crippen MR) is 22.9 cm³/mol. The van der Waals surface area contributed by atoms with Gasteiger partial charge in [-0.25, -0.2) is 0 Å². The summed E-state index contributed by atoms with van der Waals surface area (Å²) in [7, 11) is 0. The van der Waals surface area contributed by atoms with E-state index in [1.54, 1.807) is 0 Å². The van der Waals surface area contributed by atoms with Gasteiger partial charge in [0.2, 0.25) is 0 Å². The molecule has 1 aliphatic heterocycles. The molecule has 1 heterocycles. The topological polar surface area (TPSA) is 58.9 Å². The summed E-state index contributed by atoms with van der Waals surface area (Å²) >= 11 is 1.36. The summed E-state index contributed by atoms with van der Waals surface area (Å²) < 4.78 is 7.90. The molecule has 0 aliphatic carbocycles. The third-order valence-corrected chi connectivity index (χ3v) is 1.63. The van der Waals surface area contributed by atoms with Crippen molar-refractivity contribution in [2.45, 2.75) is 10.4 Å². The van der Waals surface area contributed by atoms with Crippen LogP contribution >= 0.6 is 0 Å². The number of hydrogen-bond acceptors (Lipinski definition) is 4. The second-order valence-corrected chi connectivity index (χ2v) is 2.89. The van der Waals surface area contributed by atoms with Crippen LogP contribution in [0, 0.1) is 0 Å². The van der Waals surface area contributed by atoms with Gasteiger partial charge in [-0.2, -0.15) is 0 Å². The fourth-order valence-electron chi connectivity index (χ4n) is 0.541. The Morgan fingerprint density at radius 3 is 2.56 bits per heavy atom. The van der Waals surface area contributed by atoms with Crippen LogP contribution in [0.15, 0.2) is 0 Å². The molecule has 1 fully saturated rings. The average Bonchev–Trinajstić information content (AvgIpc) is 1.77. The van der Waals surface area contributed by atoms with Crippen molar-refractivity contribution >= 4 is 0 Å². The van der Waals surface area contributed by atoms with Crippen LogP contribution in [0.2, 0.25) is 0 Å². The quantitative estimate of drug-likeness (QED) is 0.433. The number of rotatable bonds is 0. The molecule has 0 amide bonds. The number of aliphatic hydroxyl groups is 2. The minimum atomic E-state index is -1.53. The Balaban J connectivity index is 2.49. The molecule has 0 saturated carbocycles. The Kier molecular flexibility index (Phi) is 2.26. The van der Waals surface area contributed by atoms with Gasteiger partial charge in [-0.1, -0.05) is 0 Å². The van der Waals surface area contributed by atoms with Crippen LogP contribution in [-0.4, -0.2) is 33.8 Å². The fraction of sp³-hybridized carbons (Fsp3) is 1.00. The van der Waals surface area contributed by atoms with Gasteiger partial charge < -0.3 is 0 Å². The maximum absolute atomic E-state index is 9.05. The van der Waals surface area contributed by atoms with E-state index in [4.69, 9.17) is 14.9 Å². The van der Waals surface area contributed by atoms with Crippen molar-refractivity contribution in [2.24, 2.45) is 0 Å². The molecule has 1 rings (SSSR count). The number of hydrogen-bond donors (Lipinski definition) is 2. The van der Waals surface area contributed by atoms with Gasteiger partial charge in [0.25, 0.3) is 0 Å². The molecular weight excluding hydrogens is 160 g/mol. The third-order valence-electron chi connectivity index (χ3n) is 1.02. The Hall–Kier alpha value is 0.554. The molecule has 1 saturated heterocycles. The van der Waals surface area contributed by atoms with Gasteiger partial charge in [0.15, 0.2) is 0 Å². The van der Waals surface area contributed by atoms with Gasteiger partial charge in [0.05, 0.1) is 0 Å². The van der Waals surface area contributed by atoms with Gasteiger partial charge in [0.1, 0.15) is 0 Å². The molecule has 0 aromatic carbocycles. The Morgan fingerprint density at radius 1 is 1.56 bits per heavy atom. The summed E-state index contributed by atoms with van der Waals surface area (Å²) in [5, 5.41) is 17.9. The molecule has 1 aliphatic rings. The fourth-order valence-corrected chi connectivity index (χ4v) is 0.831. The molecule has 5 heteroatoms. The van der Waals surface area contributed by atoms with Crippen LogP contribution < -0.4 is 0 Å². The molecule has 51 valence electrons. The molecule has 0 radical (unpaired) electrons. The third kappa shape index (κ3) is 1.73. The zero-order valence-electron chi connectivity index (χ0n) is 4.70. The Morgan fingerprint density at radius 2 is 2.22 bits per heavy atom. The van der Waals surface area contributed by atoms with E-state index in [9.17, 15) is 0 Å². The van der Waals surface area contributed by atoms with Gasteiger partial charge >= 0.3 is 63.7 Å². The first-order valence-electron chi connectivity index (χ1n) is 2.54. The van der Waals surface area contributed by atoms with Crippen molar-refractivity contribution in [3.05, 3.63) is 0 Å². The van der Waals surface area contributed by atoms with E-state index >= 15 is 0 Å². The van der Waals surface area contributed by atoms with Gasteiger partial charge in [-0.3, -0.25) is 0 Å². The van der Waals surface area contributed by atoms with Gasteiger partial charge in [-0.15, -0.1) is 0 Å². The summed E-state index contributed by atoms with van der Waals surface area (Å²) in [6.07, 6.45) is -1.22. The molecule has 0 bridgehead atoms. The first kappa shape index (κ1) is 7.66. The molecule has 9 heavy (non-hydrogen) atoms. The van der Waals surface area contributed by atoms with Crippen molar-refractivity contribution in [1.29, 1.82) is 0 Å². The van der Waals surface area contributed by atoms with Crippen LogP contribution in [0.4, 0.5) is 0 Å². The molecule has 4 nitrogen and oxygen atoms in total. The molecule has 0 aromatic heterocycles. The first-order valence-corrected chi connectivity index (χ1v) is 3.32. The van der Waals surface area contributed by atoms with E-state index in [-0.39, 0.29) is 0 Å². The summed E-state index contributed by atoms with van der Waals surface area (Å²) in [4.78, 5) is 0. The zero-order chi connectivity index (χ0) is 6.91.